The zero-order valence-electron chi connectivity index (χ0n) is 9.02. The number of hydrogen-bond donors (Lipinski definition) is 2. The van der Waals surface area contributed by atoms with Crippen molar-refractivity contribution >= 4 is 5.91 Å². The summed E-state index contributed by atoms with van der Waals surface area (Å²) in [5.41, 5.74) is 5.70. The highest BCUT2D eigenvalue weighted by Crippen LogP contribution is 2.23. The monoisotopic (exact) mass is 238 g/mol. The first-order valence-electron chi connectivity index (χ1n) is 5.48. The average Bonchev–Trinajstić information content (AvgIpc) is 2.15. The summed E-state index contributed by atoms with van der Waals surface area (Å²) in [5, 5.41) is 2.31. The van der Waals surface area contributed by atoms with Crippen LogP contribution >= 0.6 is 0 Å². The van der Waals surface area contributed by atoms with Crippen molar-refractivity contribution in [3.63, 3.8) is 0 Å². The van der Waals surface area contributed by atoms with Crippen LogP contribution in [0, 0.1) is 5.92 Å². The minimum atomic E-state index is -4.21. The van der Waals surface area contributed by atoms with Crippen molar-refractivity contribution in [2.45, 2.75) is 44.3 Å². The summed E-state index contributed by atoms with van der Waals surface area (Å²) in [6, 6.07) is 0.00659. The first kappa shape index (κ1) is 13.3. The lowest BCUT2D eigenvalue weighted by Gasteiger charge is -2.25. The Bertz CT molecular complexity index is 243. The Morgan fingerprint density at radius 2 is 2.06 bits per heavy atom. The van der Waals surface area contributed by atoms with E-state index in [0.29, 0.717) is 6.42 Å². The fourth-order valence-corrected chi connectivity index (χ4v) is 1.94. The van der Waals surface area contributed by atoms with Gasteiger partial charge < -0.3 is 11.1 Å². The predicted molar refractivity (Wildman–Crippen MR) is 53.6 cm³/mol. The minimum Gasteiger partial charge on any atom is -0.356 e. The van der Waals surface area contributed by atoms with Gasteiger partial charge in [-0.1, -0.05) is 6.42 Å². The van der Waals surface area contributed by atoms with Crippen molar-refractivity contribution in [2.75, 3.05) is 6.54 Å². The van der Waals surface area contributed by atoms with Gasteiger partial charge in [0.15, 0.2) is 0 Å². The first-order valence-corrected chi connectivity index (χ1v) is 5.48. The number of hydrogen-bond acceptors (Lipinski definition) is 2. The van der Waals surface area contributed by atoms with Crippen LogP contribution in [0.1, 0.15) is 32.1 Å². The second-order valence-electron chi connectivity index (χ2n) is 4.28. The van der Waals surface area contributed by atoms with Crippen molar-refractivity contribution in [2.24, 2.45) is 11.7 Å². The van der Waals surface area contributed by atoms with E-state index in [1.807, 2.05) is 0 Å². The summed E-state index contributed by atoms with van der Waals surface area (Å²) in [6.45, 7) is -0.339. The molecule has 0 spiro atoms. The third kappa shape index (κ3) is 4.83. The highest BCUT2D eigenvalue weighted by atomic mass is 19.4. The van der Waals surface area contributed by atoms with Crippen LogP contribution in [0.2, 0.25) is 0 Å². The van der Waals surface area contributed by atoms with Gasteiger partial charge in [-0.3, -0.25) is 4.79 Å². The molecule has 0 bridgehead atoms. The predicted octanol–water partition coefficient (Wildman–Crippen LogP) is 1.57. The summed E-state index contributed by atoms with van der Waals surface area (Å²) in [5.74, 6) is -0.503. The maximum atomic E-state index is 11.8. The smallest absolute Gasteiger partial charge is 0.356 e. The molecule has 1 aliphatic carbocycles. The Hall–Kier alpha value is -0.780. The van der Waals surface area contributed by atoms with E-state index in [0.717, 1.165) is 19.3 Å². The van der Waals surface area contributed by atoms with E-state index in [1.165, 1.54) is 0 Å². The molecule has 0 heterocycles. The fourth-order valence-electron chi connectivity index (χ4n) is 1.94. The van der Waals surface area contributed by atoms with Gasteiger partial charge in [0.2, 0.25) is 5.91 Å². The number of halogens is 3. The molecule has 0 aliphatic heterocycles. The van der Waals surface area contributed by atoms with Crippen molar-refractivity contribution in [1.29, 1.82) is 0 Å². The van der Waals surface area contributed by atoms with E-state index in [1.54, 1.807) is 0 Å². The quantitative estimate of drug-likeness (QED) is 0.784. The molecule has 2 atom stereocenters. The summed E-state index contributed by atoms with van der Waals surface area (Å²) in [7, 11) is 0. The molecule has 3 N–H and O–H groups in total. The maximum Gasteiger partial charge on any atom is 0.390 e. The molecule has 1 fully saturated rings. The first-order chi connectivity index (χ1) is 7.38. The van der Waals surface area contributed by atoms with E-state index < -0.39 is 12.6 Å². The molecular weight excluding hydrogens is 221 g/mol. The largest absolute Gasteiger partial charge is 0.390 e. The van der Waals surface area contributed by atoms with Crippen LogP contribution in [0.4, 0.5) is 13.2 Å². The number of nitrogens with two attached hydrogens (primary N) is 1. The minimum absolute atomic E-state index is 0.00659. The molecular formula is C10H17F3N2O. The molecule has 0 aromatic heterocycles. The Morgan fingerprint density at radius 1 is 1.38 bits per heavy atom. The van der Waals surface area contributed by atoms with Gasteiger partial charge in [0.25, 0.3) is 0 Å². The van der Waals surface area contributed by atoms with Gasteiger partial charge >= 0.3 is 6.18 Å². The summed E-state index contributed by atoms with van der Waals surface area (Å²) in [4.78, 5) is 11.5. The van der Waals surface area contributed by atoms with E-state index >= 15 is 0 Å². The van der Waals surface area contributed by atoms with Crippen LogP contribution < -0.4 is 11.1 Å². The van der Waals surface area contributed by atoms with Crippen molar-refractivity contribution in [1.82, 2.24) is 5.32 Å². The second-order valence-corrected chi connectivity index (χ2v) is 4.28. The van der Waals surface area contributed by atoms with Gasteiger partial charge in [0.05, 0.1) is 6.42 Å². The number of nitrogens with one attached hydrogen (secondary N) is 1. The third-order valence-corrected chi connectivity index (χ3v) is 2.79. The SMILES string of the molecule is NC1CCCC(C(=O)NCCC(F)(F)F)C1. The van der Waals surface area contributed by atoms with Gasteiger partial charge in [-0.2, -0.15) is 13.2 Å². The number of alkyl halides is 3. The van der Waals surface area contributed by atoms with Crippen LogP contribution in [-0.2, 0) is 4.79 Å². The van der Waals surface area contributed by atoms with E-state index in [2.05, 4.69) is 5.32 Å². The van der Waals surface area contributed by atoms with E-state index in [4.69, 9.17) is 5.73 Å². The van der Waals surface area contributed by atoms with Crippen molar-refractivity contribution < 1.29 is 18.0 Å². The fraction of sp³-hybridized carbons (Fsp3) is 0.900. The molecule has 94 valence electrons. The Morgan fingerprint density at radius 3 is 2.62 bits per heavy atom. The molecule has 0 radical (unpaired) electrons. The third-order valence-electron chi connectivity index (χ3n) is 2.79. The van der Waals surface area contributed by atoms with E-state index in [-0.39, 0.29) is 24.4 Å². The van der Waals surface area contributed by atoms with Gasteiger partial charge in [0, 0.05) is 18.5 Å². The zero-order valence-corrected chi connectivity index (χ0v) is 9.02. The lowest BCUT2D eigenvalue weighted by molar-refractivity contribution is -0.136. The van der Waals surface area contributed by atoms with Crippen molar-refractivity contribution in [3.05, 3.63) is 0 Å². The normalized spacial score (nSPS) is 26.5. The van der Waals surface area contributed by atoms with Gasteiger partial charge in [-0.05, 0) is 19.3 Å². The molecule has 2 unspecified atom stereocenters. The lowest BCUT2D eigenvalue weighted by atomic mass is 9.85. The topological polar surface area (TPSA) is 55.1 Å². The average molecular weight is 238 g/mol. The zero-order chi connectivity index (χ0) is 12.2. The van der Waals surface area contributed by atoms with E-state index in [9.17, 15) is 18.0 Å². The number of carbonyl (C=O) groups excluding carboxylic acids is 1. The summed E-state index contributed by atoms with van der Waals surface area (Å²) < 4.78 is 35.5. The molecule has 1 amide bonds. The molecule has 16 heavy (non-hydrogen) atoms. The summed E-state index contributed by atoms with van der Waals surface area (Å²) >= 11 is 0. The molecule has 0 aromatic carbocycles. The molecule has 0 aromatic rings. The number of rotatable bonds is 3. The lowest BCUT2D eigenvalue weighted by Crippen LogP contribution is -2.38. The van der Waals surface area contributed by atoms with Crippen LogP contribution in [0.25, 0.3) is 0 Å². The molecule has 1 rings (SSSR count). The second kappa shape index (κ2) is 5.52. The molecule has 3 nitrogen and oxygen atoms in total. The molecule has 1 aliphatic rings. The summed E-state index contributed by atoms with van der Waals surface area (Å²) in [6.07, 6.45) is -2.11. The van der Waals surface area contributed by atoms with Gasteiger partial charge in [0.1, 0.15) is 0 Å². The maximum absolute atomic E-state index is 11.8. The molecule has 6 heteroatoms. The highest BCUT2D eigenvalue weighted by Gasteiger charge is 2.28. The molecule has 0 saturated heterocycles. The number of carbonyl (C=O) groups is 1. The standard InChI is InChI=1S/C10H17F3N2O/c11-10(12,13)4-5-15-9(16)7-2-1-3-8(14)6-7/h7-8H,1-6,14H2,(H,15,16). The highest BCUT2D eigenvalue weighted by molar-refractivity contribution is 5.78. The van der Waals surface area contributed by atoms with Crippen LogP contribution in [0.3, 0.4) is 0 Å². The van der Waals surface area contributed by atoms with Crippen LogP contribution in [0.5, 0.6) is 0 Å². The Labute approximate surface area is 92.6 Å². The van der Waals surface area contributed by atoms with Gasteiger partial charge in [-0.15, -0.1) is 0 Å². The van der Waals surface area contributed by atoms with Crippen molar-refractivity contribution in [3.8, 4) is 0 Å². The Balaban J connectivity index is 2.24. The van der Waals surface area contributed by atoms with Crippen LogP contribution in [0.15, 0.2) is 0 Å². The van der Waals surface area contributed by atoms with Crippen LogP contribution in [-0.4, -0.2) is 24.7 Å². The van der Waals surface area contributed by atoms with Gasteiger partial charge in [-0.25, -0.2) is 0 Å². The number of amides is 1. The Kier molecular flexibility index (Phi) is 4.58. The molecule has 1 saturated carbocycles.